The van der Waals surface area contributed by atoms with Crippen molar-refractivity contribution in [1.82, 2.24) is 0 Å². The number of halogens is 3. The molecule has 0 aliphatic carbocycles. The highest BCUT2D eigenvalue weighted by Gasteiger charge is 2.23. The van der Waals surface area contributed by atoms with Crippen molar-refractivity contribution in [2.24, 2.45) is 0 Å². The second-order valence-electron chi connectivity index (χ2n) is 2.17. The number of nitrogen functional groups attached to an aromatic ring is 1. The topological polar surface area (TPSA) is 69.2 Å². The highest BCUT2D eigenvalue weighted by Crippen LogP contribution is 2.36. The van der Waals surface area contributed by atoms with Crippen LogP contribution in [-0.4, -0.2) is 4.92 Å². The fourth-order valence-electron chi connectivity index (χ4n) is 0.775. The zero-order valence-electron chi connectivity index (χ0n) is 6.05. The maximum Gasteiger partial charge on any atom is 0.330 e. The fourth-order valence-corrected chi connectivity index (χ4v) is 1.52. The molecule has 2 N–H and O–H groups in total. The molecule has 13 heavy (non-hydrogen) atoms. The van der Waals surface area contributed by atoms with Crippen LogP contribution in [0.1, 0.15) is 0 Å². The zero-order chi connectivity index (χ0) is 10.2. The molecule has 1 rings (SSSR count). The van der Waals surface area contributed by atoms with E-state index in [9.17, 15) is 14.5 Å². The number of nitrogens with two attached hydrogens (primary N) is 1. The van der Waals surface area contributed by atoms with Crippen LogP contribution in [0.5, 0.6) is 0 Å². The molecular weight excluding hydrogens is 266 g/mol. The number of anilines is 1. The van der Waals surface area contributed by atoms with Crippen molar-refractivity contribution in [3.63, 3.8) is 0 Å². The summed E-state index contributed by atoms with van der Waals surface area (Å²) in [5.41, 5.74) is 4.04. The number of hydrogen-bond donors (Lipinski definition) is 1. The summed E-state index contributed by atoms with van der Waals surface area (Å²) in [6, 6.07) is 1.17. The van der Waals surface area contributed by atoms with Crippen molar-refractivity contribution < 1.29 is 9.31 Å². The molecule has 0 radical (unpaired) electrons. The van der Waals surface area contributed by atoms with Crippen LogP contribution in [0.4, 0.5) is 15.8 Å². The van der Waals surface area contributed by atoms with E-state index >= 15 is 0 Å². The van der Waals surface area contributed by atoms with Crippen LogP contribution in [0.25, 0.3) is 0 Å². The molecule has 0 heterocycles. The van der Waals surface area contributed by atoms with Crippen LogP contribution in [0.3, 0.4) is 0 Å². The first kappa shape index (κ1) is 10.2. The van der Waals surface area contributed by atoms with Crippen LogP contribution in [-0.2, 0) is 0 Å². The van der Waals surface area contributed by atoms with Gasteiger partial charge in [0.1, 0.15) is 5.69 Å². The van der Waals surface area contributed by atoms with Crippen LogP contribution in [0, 0.1) is 15.9 Å². The van der Waals surface area contributed by atoms with E-state index in [4.69, 9.17) is 17.3 Å². The maximum absolute atomic E-state index is 13.1. The molecule has 0 amide bonds. The Morgan fingerprint density at radius 3 is 2.69 bits per heavy atom. The Bertz CT molecular complexity index is 359. The average molecular weight is 269 g/mol. The molecule has 1 aromatic carbocycles. The summed E-state index contributed by atoms with van der Waals surface area (Å²) in [5.74, 6) is -1.02. The van der Waals surface area contributed by atoms with Crippen LogP contribution in [0.15, 0.2) is 10.5 Å². The molecule has 70 valence electrons. The second-order valence-corrected chi connectivity index (χ2v) is 3.44. The molecule has 4 nitrogen and oxygen atoms in total. The van der Waals surface area contributed by atoms with E-state index in [2.05, 4.69) is 15.9 Å². The first-order valence-corrected chi connectivity index (χ1v) is 4.19. The molecule has 7 heteroatoms. The summed E-state index contributed by atoms with van der Waals surface area (Å²) in [6.45, 7) is 0. The van der Waals surface area contributed by atoms with Gasteiger partial charge in [-0.1, -0.05) is 11.6 Å². The Hall–Kier alpha value is -0.880. The van der Waals surface area contributed by atoms with Gasteiger partial charge in [0.05, 0.1) is 14.4 Å². The highest BCUT2D eigenvalue weighted by molar-refractivity contribution is 9.10. The molecule has 0 spiro atoms. The third-order valence-corrected chi connectivity index (χ3v) is 2.26. The molecule has 0 aromatic heterocycles. The quantitative estimate of drug-likeness (QED) is 0.369. The summed E-state index contributed by atoms with van der Waals surface area (Å²) in [6.07, 6.45) is 0. The summed E-state index contributed by atoms with van der Waals surface area (Å²) in [5, 5.41) is 10.3. The predicted molar refractivity (Wildman–Crippen MR) is 50.2 cm³/mol. The van der Waals surface area contributed by atoms with Crippen molar-refractivity contribution in [3.05, 3.63) is 31.5 Å². The Balaban J connectivity index is 3.56. The standard InChI is InChI=1S/C6H3BrClFN2O2/c7-2-1-3(8)5(10)6(4(2)9)11(12)13/h1H,10H2. The normalized spacial score (nSPS) is 10.1. The van der Waals surface area contributed by atoms with Crippen molar-refractivity contribution >= 4 is 38.9 Å². The van der Waals surface area contributed by atoms with Gasteiger partial charge in [-0.25, -0.2) is 0 Å². The second kappa shape index (κ2) is 3.47. The SMILES string of the molecule is Nc1c(Cl)cc(Br)c(F)c1[N+](=O)[O-]. The van der Waals surface area contributed by atoms with E-state index in [1.165, 1.54) is 6.07 Å². The van der Waals surface area contributed by atoms with E-state index in [-0.39, 0.29) is 15.2 Å². The van der Waals surface area contributed by atoms with Gasteiger partial charge in [-0.15, -0.1) is 0 Å². The Labute approximate surface area is 85.8 Å². The molecule has 0 fully saturated rings. The lowest BCUT2D eigenvalue weighted by Crippen LogP contribution is -2.00. The lowest BCUT2D eigenvalue weighted by molar-refractivity contribution is -0.386. The minimum absolute atomic E-state index is 0.0556. The summed E-state index contributed by atoms with van der Waals surface area (Å²) >= 11 is 8.29. The maximum atomic E-state index is 13.1. The average Bonchev–Trinajstić information content (AvgIpc) is 2.01. The van der Waals surface area contributed by atoms with E-state index in [1.807, 2.05) is 0 Å². The summed E-state index contributed by atoms with van der Waals surface area (Å²) in [4.78, 5) is 9.44. The van der Waals surface area contributed by atoms with Crippen LogP contribution < -0.4 is 5.73 Å². The molecule has 0 bridgehead atoms. The lowest BCUT2D eigenvalue weighted by atomic mass is 10.2. The molecule has 0 unspecified atom stereocenters. The lowest BCUT2D eigenvalue weighted by Gasteiger charge is -2.02. The molecule has 0 atom stereocenters. The van der Waals surface area contributed by atoms with Gasteiger partial charge in [-0.05, 0) is 22.0 Å². The fraction of sp³-hybridized carbons (Fsp3) is 0. The first-order valence-electron chi connectivity index (χ1n) is 3.02. The van der Waals surface area contributed by atoms with Gasteiger partial charge in [-0.3, -0.25) is 10.1 Å². The van der Waals surface area contributed by atoms with Gasteiger partial charge in [0, 0.05) is 0 Å². The molecule has 0 saturated heterocycles. The van der Waals surface area contributed by atoms with Gasteiger partial charge in [0.15, 0.2) is 0 Å². The van der Waals surface area contributed by atoms with Gasteiger partial charge in [-0.2, -0.15) is 4.39 Å². The van der Waals surface area contributed by atoms with Crippen molar-refractivity contribution in [1.29, 1.82) is 0 Å². The molecule has 1 aromatic rings. The van der Waals surface area contributed by atoms with E-state index in [0.717, 1.165) is 0 Å². The number of nitro benzene ring substituents is 1. The number of nitrogens with zero attached hydrogens (tertiary/aromatic N) is 1. The molecule has 0 aliphatic rings. The number of hydrogen-bond acceptors (Lipinski definition) is 3. The van der Waals surface area contributed by atoms with Gasteiger partial charge >= 0.3 is 5.69 Å². The van der Waals surface area contributed by atoms with Crippen LogP contribution in [0.2, 0.25) is 5.02 Å². The summed E-state index contributed by atoms with van der Waals surface area (Å²) < 4.78 is 13.0. The highest BCUT2D eigenvalue weighted by atomic mass is 79.9. The number of benzene rings is 1. The minimum atomic E-state index is -1.02. The largest absolute Gasteiger partial charge is 0.392 e. The smallest absolute Gasteiger partial charge is 0.330 e. The first-order chi connectivity index (χ1) is 5.95. The van der Waals surface area contributed by atoms with E-state index in [0.29, 0.717) is 0 Å². The van der Waals surface area contributed by atoms with Crippen molar-refractivity contribution in [2.45, 2.75) is 0 Å². The number of rotatable bonds is 1. The van der Waals surface area contributed by atoms with E-state index in [1.54, 1.807) is 0 Å². The zero-order valence-corrected chi connectivity index (χ0v) is 8.39. The Morgan fingerprint density at radius 1 is 1.69 bits per heavy atom. The van der Waals surface area contributed by atoms with E-state index < -0.39 is 16.4 Å². The van der Waals surface area contributed by atoms with Gasteiger partial charge in [0.25, 0.3) is 0 Å². The van der Waals surface area contributed by atoms with Gasteiger partial charge in [0.2, 0.25) is 5.82 Å². The third-order valence-electron chi connectivity index (χ3n) is 1.37. The van der Waals surface area contributed by atoms with Crippen LogP contribution >= 0.6 is 27.5 Å². The monoisotopic (exact) mass is 268 g/mol. The summed E-state index contributed by atoms with van der Waals surface area (Å²) in [7, 11) is 0. The Kier molecular flexibility index (Phi) is 2.72. The predicted octanol–water partition coefficient (Wildman–Crippen LogP) is 2.73. The van der Waals surface area contributed by atoms with Crippen molar-refractivity contribution in [2.75, 3.05) is 5.73 Å². The van der Waals surface area contributed by atoms with Gasteiger partial charge < -0.3 is 5.73 Å². The van der Waals surface area contributed by atoms with Crippen molar-refractivity contribution in [3.8, 4) is 0 Å². The molecule has 0 saturated carbocycles. The molecular formula is C6H3BrClFN2O2. The Morgan fingerprint density at radius 2 is 2.23 bits per heavy atom. The third kappa shape index (κ3) is 1.73. The molecule has 0 aliphatic heterocycles. The number of nitro groups is 1. The minimum Gasteiger partial charge on any atom is -0.392 e.